The molecule has 3 rings (SSSR count). The highest BCUT2D eigenvalue weighted by Crippen LogP contribution is 2.41. The quantitative estimate of drug-likeness (QED) is 0.474. The van der Waals surface area contributed by atoms with Crippen molar-refractivity contribution >= 4 is 29.7 Å². The van der Waals surface area contributed by atoms with E-state index in [2.05, 4.69) is 0 Å². The van der Waals surface area contributed by atoms with Crippen molar-refractivity contribution in [2.45, 2.75) is 18.6 Å². The van der Waals surface area contributed by atoms with Crippen LogP contribution in [0.25, 0.3) is 0 Å². The predicted molar refractivity (Wildman–Crippen MR) is 92.1 cm³/mol. The minimum absolute atomic E-state index is 0.105. The van der Waals surface area contributed by atoms with Gasteiger partial charge in [0.25, 0.3) is 5.91 Å². The number of aromatic hydroxyl groups is 1. The molecule has 7 nitrogen and oxygen atoms in total. The standard InChI is InChI=1S/C18H14F3N3O4/c1-17(10-2-5-12(26)6-3-10)15(27)24(16(28)23(17)9-25)11-4-7-14(22)13(8-11)18(19,20)21/h2-9,26H,22H2,1H3. The van der Waals surface area contributed by atoms with Crippen molar-refractivity contribution in [3.63, 3.8) is 0 Å². The van der Waals surface area contributed by atoms with Crippen molar-refractivity contribution < 1.29 is 32.7 Å². The fourth-order valence-electron chi connectivity index (χ4n) is 3.06. The topological polar surface area (TPSA) is 104 Å². The van der Waals surface area contributed by atoms with Gasteiger partial charge in [-0.1, -0.05) is 12.1 Å². The summed E-state index contributed by atoms with van der Waals surface area (Å²) in [4.78, 5) is 38.4. The smallest absolute Gasteiger partial charge is 0.418 e. The number of carbonyl (C=O) groups excluding carboxylic acids is 3. The number of rotatable bonds is 3. The highest BCUT2D eigenvalue weighted by Gasteiger charge is 2.56. The summed E-state index contributed by atoms with van der Waals surface area (Å²) in [6.07, 6.45) is -4.66. The third-order valence-corrected chi connectivity index (χ3v) is 4.63. The van der Waals surface area contributed by atoms with Crippen molar-refractivity contribution in [2.75, 3.05) is 10.6 Å². The molecule has 2 aromatic rings. The predicted octanol–water partition coefficient (Wildman–Crippen LogP) is 2.83. The van der Waals surface area contributed by atoms with Crippen LogP contribution < -0.4 is 10.6 Å². The van der Waals surface area contributed by atoms with Crippen LogP contribution in [0, 0.1) is 0 Å². The van der Waals surface area contributed by atoms with Gasteiger partial charge in [-0.2, -0.15) is 13.2 Å². The van der Waals surface area contributed by atoms with Crippen LogP contribution in [-0.2, 0) is 21.3 Å². The van der Waals surface area contributed by atoms with E-state index in [1.54, 1.807) is 0 Å². The van der Waals surface area contributed by atoms with Crippen LogP contribution in [0.5, 0.6) is 5.75 Å². The first-order valence-electron chi connectivity index (χ1n) is 7.91. The molecule has 10 heteroatoms. The van der Waals surface area contributed by atoms with Gasteiger partial charge in [0.2, 0.25) is 6.41 Å². The number of phenolic OH excluding ortho intramolecular Hbond substituents is 1. The van der Waals surface area contributed by atoms with Crippen molar-refractivity contribution in [2.24, 2.45) is 0 Å². The van der Waals surface area contributed by atoms with E-state index in [0.717, 1.165) is 12.1 Å². The number of hydrogen-bond acceptors (Lipinski definition) is 5. The van der Waals surface area contributed by atoms with E-state index in [0.29, 0.717) is 15.9 Å². The number of imide groups is 2. The van der Waals surface area contributed by atoms with Gasteiger partial charge in [-0.3, -0.25) is 9.59 Å². The lowest BCUT2D eigenvalue weighted by Gasteiger charge is -2.27. The Labute approximate surface area is 156 Å². The maximum Gasteiger partial charge on any atom is 0.418 e. The van der Waals surface area contributed by atoms with Gasteiger partial charge >= 0.3 is 12.2 Å². The van der Waals surface area contributed by atoms with Gasteiger partial charge in [0.15, 0.2) is 5.54 Å². The largest absolute Gasteiger partial charge is 0.508 e. The first-order chi connectivity index (χ1) is 13.0. The molecule has 1 saturated heterocycles. The number of hydrogen-bond donors (Lipinski definition) is 2. The molecule has 1 aliphatic rings. The number of nitrogens with two attached hydrogens (primary N) is 1. The number of carbonyl (C=O) groups is 3. The molecule has 0 bridgehead atoms. The Morgan fingerprint density at radius 2 is 1.71 bits per heavy atom. The zero-order valence-corrected chi connectivity index (χ0v) is 14.4. The van der Waals surface area contributed by atoms with E-state index < -0.39 is 34.9 Å². The van der Waals surface area contributed by atoms with Gasteiger partial charge in [0.1, 0.15) is 5.75 Å². The molecular weight excluding hydrogens is 379 g/mol. The highest BCUT2D eigenvalue weighted by molar-refractivity contribution is 6.25. The molecule has 0 aliphatic carbocycles. The second-order valence-electron chi connectivity index (χ2n) is 6.29. The lowest BCUT2D eigenvalue weighted by Crippen LogP contribution is -2.43. The second kappa shape index (κ2) is 6.25. The highest BCUT2D eigenvalue weighted by atomic mass is 19.4. The summed E-state index contributed by atoms with van der Waals surface area (Å²) in [6.45, 7) is 1.29. The summed E-state index contributed by atoms with van der Waals surface area (Å²) < 4.78 is 39.4. The van der Waals surface area contributed by atoms with Crippen LogP contribution >= 0.6 is 0 Å². The number of amides is 4. The van der Waals surface area contributed by atoms with E-state index in [9.17, 15) is 32.7 Å². The molecule has 0 spiro atoms. The summed E-state index contributed by atoms with van der Waals surface area (Å²) in [5.74, 6) is -1.03. The summed E-state index contributed by atoms with van der Waals surface area (Å²) in [5.41, 5.74) is 1.61. The Balaban J connectivity index is 2.14. The molecule has 0 saturated carbocycles. The van der Waals surface area contributed by atoms with E-state index in [1.807, 2.05) is 0 Å². The molecule has 1 unspecified atom stereocenters. The third-order valence-electron chi connectivity index (χ3n) is 4.63. The number of nitrogen functional groups attached to an aromatic ring is 1. The van der Waals surface area contributed by atoms with Crippen molar-refractivity contribution in [3.8, 4) is 5.75 Å². The van der Waals surface area contributed by atoms with E-state index in [1.165, 1.54) is 31.2 Å². The molecule has 1 heterocycles. The van der Waals surface area contributed by atoms with Crippen molar-refractivity contribution in [3.05, 3.63) is 53.6 Å². The minimum Gasteiger partial charge on any atom is -0.508 e. The Morgan fingerprint density at radius 1 is 1.11 bits per heavy atom. The molecule has 0 radical (unpaired) electrons. The third kappa shape index (κ3) is 2.73. The number of urea groups is 1. The molecule has 0 aromatic heterocycles. The van der Waals surface area contributed by atoms with Crippen molar-refractivity contribution in [1.82, 2.24) is 4.90 Å². The summed E-state index contributed by atoms with van der Waals surface area (Å²) >= 11 is 0. The van der Waals surface area contributed by atoms with Crippen LogP contribution in [-0.4, -0.2) is 28.4 Å². The minimum atomic E-state index is -4.80. The number of phenols is 1. The van der Waals surface area contributed by atoms with Gasteiger partial charge in [-0.15, -0.1) is 0 Å². The van der Waals surface area contributed by atoms with E-state index >= 15 is 0 Å². The van der Waals surface area contributed by atoms with E-state index in [4.69, 9.17) is 5.73 Å². The summed E-state index contributed by atoms with van der Waals surface area (Å²) in [5, 5.41) is 9.42. The molecule has 2 aromatic carbocycles. The summed E-state index contributed by atoms with van der Waals surface area (Å²) in [6, 6.07) is 6.69. The first kappa shape index (κ1) is 19.2. The van der Waals surface area contributed by atoms with Gasteiger partial charge in [0, 0.05) is 5.69 Å². The van der Waals surface area contributed by atoms with Crippen LogP contribution in [0.15, 0.2) is 42.5 Å². The Hall–Kier alpha value is -3.56. The molecule has 28 heavy (non-hydrogen) atoms. The van der Waals surface area contributed by atoms with Gasteiger partial charge < -0.3 is 10.8 Å². The van der Waals surface area contributed by atoms with Crippen LogP contribution in [0.4, 0.5) is 29.3 Å². The number of alkyl halides is 3. The lowest BCUT2D eigenvalue weighted by atomic mass is 9.90. The Morgan fingerprint density at radius 3 is 2.25 bits per heavy atom. The number of benzene rings is 2. The number of nitrogens with zero attached hydrogens (tertiary/aromatic N) is 2. The molecule has 146 valence electrons. The van der Waals surface area contributed by atoms with Crippen LogP contribution in [0.2, 0.25) is 0 Å². The van der Waals surface area contributed by atoms with Crippen LogP contribution in [0.3, 0.4) is 0 Å². The SMILES string of the molecule is CC1(c2ccc(O)cc2)C(=O)N(c2ccc(N)c(C(F)(F)F)c2)C(=O)N1C=O. The maximum atomic E-state index is 13.1. The molecular formula is C18H14F3N3O4. The number of halogens is 3. The van der Waals surface area contributed by atoms with E-state index in [-0.39, 0.29) is 23.4 Å². The second-order valence-corrected chi connectivity index (χ2v) is 6.29. The lowest BCUT2D eigenvalue weighted by molar-refractivity contribution is -0.137. The molecule has 1 atom stereocenters. The Kier molecular flexibility index (Phi) is 4.29. The monoisotopic (exact) mass is 393 g/mol. The average molecular weight is 393 g/mol. The fourth-order valence-corrected chi connectivity index (χ4v) is 3.06. The Bertz CT molecular complexity index is 975. The molecule has 3 N–H and O–H groups in total. The van der Waals surface area contributed by atoms with Gasteiger partial charge in [-0.05, 0) is 42.8 Å². The molecule has 1 aliphatic heterocycles. The molecule has 1 fully saturated rings. The molecule has 4 amide bonds. The van der Waals surface area contributed by atoms with Gasteiger partial charge in [0.05, 0.1) is 11.3 Å². The first-order valence-corrected chi connectivity index (χ1v) is 7.91. The van der Waals surface area contributed by atoms with Crippen LogP contribution in [0.1, 0.15) is 18.1 Å². The zero-order chi connectivity index (χ0) is 20.9. The van der Waals surface area contributed by atoms with Gasteiger partial charge in [-0.25, -0.2) is 14.6 Å². The number of anilines is 2. The maximum absolute atomic E-state index is 13.1. The van der Waals surface area contributed by atoms with Crippen molar-refractivity contribution in [1.29, 1.82) is 0 Å². The average Bonchev–Trinajstić information content (AvgIpc) is 2.82. The normalized spacial score (nSPS) is 20.0. The zero-order valence-electron chi connectivity index (χ0n) is 14.4. The summed E-state index contributed by atoms with van der Waals surface area (Å²) in [7, 11) is 0. The fraction of sp³-hybridized carbons (Fsp3) is 0.167.